The van der Waals surface area contributed by atoms with Crippen molar-refractivity contribution in [3.8, 4) is 0 Å². The van der Waals surface area contributed by atoms with Gasteiger partial charge in [-0.05, 0) is 38.5 Å². The van der Waals surface area contributed by atoms with Crippen LogP contribution in [0.3, 0.4) is 0 Å². The molecule has 0 aliphatic carbocycles. The van der Waals surface area contributed by atoms with Crippen LogP contribution in [0.15, 0.2) is 29.3 Å². The van der Waals surface area contributed by atoms with Crippen molar-refractivity contribution in [1.29, 1.82) is 0 Å². The van der Waals surface area contributed by atoms with Crippen LogP contribution in [0.25, 0.3) is 0 Å². The normalized spacial score (nSPS) is 11.9. The SMILES string of the molecule is Cc1cc(S(=O)(=O)Nc2ccnn2C(C)C)cc(N)c1Cl. The Morgan fingerprint density at radius 2 is 2.05 bits per heavy atom. The first-order valence-electron chi connectivity index (χ1n) is 6.34. The Morgan fingerprint density at radius 1 is 1.38 bits per heavy atom. The van der Waals surface area contributed by atoms with Crippen LogP contribution < -0.4 is 10.5 Å². The third-order valence-corrected chi connectivity index (χ3v) is 4.82. The van der Waals surface area contributed by atoms with E-state index in [-0.39, 0.29) is 16.6 Å². The molecule has 1 aromatic carbocycles. The van der Waals surface area contributed by atoms with Gasteiger partial charge < -0.3 is 5.73 Å². The maximum Gasteiger partial charge on any atom is 0.263 e. The van der Waals surface area contributed by atoms with Gasteiger partial charge in [-0.2, -0.15) is 5.10 Å². The van der Waals surface area contributed by atoms with E-state index in [9.17, 15) is 8.42 Å². The molecule has 0 fully saturated rings. The van der Waals surface area contributed by atoms with Crippen LogP contribution >= 0.6 is 11.6 Å². The second kappa shape index (κ2) is 5.57. The summed E-state index contributed by atoms with van der Waals surface area (Å²) < 4.78 is 29.0. The standard InChI is InChI=1S/C13H17ClN4O2S/c1-8(2)18-12(4-5-16-18)17-21(19,20)10-6-9(3)13(14)11(15)7-10/h4-8,17H,15H2,1-3H3. The van der Waals surface area contributed by atoms with E-state index < -0.39 is 10.0 Å². The molecule has 21 heavy (non-hydrogen) atoms. The first-order chi connectivity index (χ1) is 9.72. The van der Waals surface area contributed by atoms with E-state index in [1.807, 2.05) is 13.8 Å². The number of nitrogens with zero attached hydrogens (tertiary/aromatic N) is 2. The summed E-state index contributed by atoms with van der Waals surface area (Å²) in [7, 11) is -3.75. The van der Waals surface area contributed by atoms with E-state index in [1.54, 1.807) is 23.9 Å². The number of aromatic nitrogens is 2. The fourth-order valence-electron chi connectivity index (χ4n) is 1.92. The summed E-state index contributed by atoms with van der Waals surface area (Å²) in [6, 6.07) is 4.46. The second-order valence-corrected chi connectivity index (χ2v) is 7.06. The van der Waals surface area contributed by atoms with Crippen molar-refractivity contribution < 1.29 is 8.42 Å². The summed E-state index contributed by atoms with van der Waals surface area (Å²) in [6.45, 7) is 5.53. The number of nitrogens with two attached hydrogens (primary N) is 1. The Bertz CT molecular complexity index is 745. The summed E-state index contributed by atoms with van der Waals surface area (Å²) in [5.74, 6) is 0.399. The van der Waals surface area contributed by atoms with Crippen LogP contribution in [0.4, 0.5) is 11.5 Å². The van der Waals surface area contributed by atoms with Crippen molar-refractivity contribution >= 4 is 33.1 Å². The van der Waals surface area contributed by atoms with Crippen molar-refractivity contribution in [3.63, 3.8) is 0 Å². The molecule has 0 aliphatic heterocycles. The van der Waals surface area contributed by atoms with E-state index in [0.29, 0.717) is 16.4 Å². The van der Waals surface area contributed by atoms with E-state index in [0.717, 1.165) is 0 Å². The van der Waals surface area contributed by atoms with E-state index in [4.69, 9.17) is 17.3 Å². The first kappa shape index (κ1) is 15.7. The molecule has 1 heterocycles. The quantitative estimate of drug-likeness (QED) is 0.844. The van der Waals surface area contributed by atoms with Crippen LogP contribution in [0, 0.1) is 6.92 Å². The highest BCUT2D eigenvalue weighted by atomic mass is 35.5. The number of aryl methyl sites for hydroxylation is 1. The summed E-state index contributed by atoms with van der Waals surface area (Å²) in [6.07, 6.45) is 1.54. The first-order valence-corrected chi connectivity index (χ1v) is 8.20. The molecule has 114 valence electrons. The zero-order chi connectivity index (χ0) is 15.8. The number of sulfonamides is 1. The van der Waals surface area contributed by atoms with Crippen LogP contribution in [0.5, 0.6) is 0 Å². The van der Waals surface area contributed by atoms with Gasteiger partial charge in [0.15, 0.2) is 0 Å². The number of hydrogen-bond donors (Lipinski definition) is 2. The van der Waals surface area contributed by atoms with Gasteiger partial charge in [0.25, 0.3) is 10.0 Å². The molecule has 0 spiro atoms. The molecule has 8 heteroatoms. The highest BCUT2D eigenvalue weighted by molar-refractivity contribution is 7.92. The topological polar surface area (TPSA) is 90.0 Å². The van der Waals surface area contributed by atoms with Crippen molar-refractivity contribution in [3.05, 3.63) is 35.0 Å². The van der Waals surface area contributed by atoms with Crippen LogP contribution in [0.2, 0.25) is 5.02 Å². The Labute approximate surface area is 129 Å². The Morgan fingerprint density at radius 3 is 2.62 bits per heavy atom. The number of nitrogen functional groups attached to an aromatic ring is 1. The maximum atomic E-state index is 12.4. The summed E-state index contributed by atoms with van der Waals surface area (Å²) in [5.41, 5.74) is 6.56. The smallest absolute Gasteiger partial charge is 0.263 e. The Hall–Kier alpha value is -1.73. The highest BCUT2D eigenvalue weighted by Gasteiger charge is 2.19. The fourth-order valence-corrected chi connectivity index (χ4v) is 3.20. The average molecular weight is 329 g/mol. The molecule has 3 N–H and O–H groups in total. The van der Waals surface area contributed by atoms with E-state index in [1.165, 1.54) is 12.1 Å². The minimum atomic E-state index is -3.75. The molecular weight excluding hydrogens is 312 g/mol. The summed E-state index contributed by atoms with van der Waals surface area (Å²) in [4.78, 5) is 0.0680. The predicted octanol–water partition coefficient (Wildman–Crippen LogP) is 2.81. The average Bonchev–Trinajstić information content (AvgIpc) is 2.82. The molecule has 0 unspecified atom stereocenters. The summed E-state index contributed by atoms with van der Waals surface area (Å²) >= 11 is 5.95. The summed E-state index contributed by atoms with van der Waals surface area (Å²) in [5, 5.41) is 4.45. The van der Waals surface area contributed by atoms with Gasteiger partial charge in [0.2, 0.25) is 0 Å². The van der Waals surface area contributed by atoms with Crippen molar-refractivity contribution in [1.82, 2.24) is 9.78 Å². The molecule has 2 aromatic rings. The molecule has 0 aliphatic rings. The molecule has 2 rings (SSSR count). The lowest BCUT2D eigenvalue weighted by molar-refractivity contribution is 0.539. The van der Waals surface area contributed by atoms with Gasteiger partial charge in [0.1, 0.15) is 5.82 Å². The fraction of sp³-hybridized carbons (Fsp3) is 0.308. The number of anilines is 2. The van der Waals surface area contributed by atoms with Crippen LogP contribution in [-0.2, 0) is 10.0 Å². The van der Waals surface area contributed by atoms with Crippen LogP contribution in [-0.4, -0.2) is 18.2 Å². The number of benzene rings is 1. The second-order valence-electron chi connectivity index (χ2n) is 5.00. The Balaban J connectivity index is 2.41. The van der Waals surface area contributed by atoms with Gasteiger partial charge in [0.05, 0.1) is 21.8 Å². The molecular formula is C13H17ClN4O2S. The zero-order valence-corrected chi connectivity index (χ0v) is 13.5. The lowest BCUT2D eigenvalue weighted by atomic mass is 10.2. The van der Waals surface area contributed by atoms with Gasteiger partial charge in [0, 0.05) is 12.1 Å². The number of nitrogens with one attached hydrogen (secondary N) is 1. The van der Waals surface area contributed by atoms with Crippen molar-refractivity contribution in [2.75, 3.05) is 10.5 Å². The van der Waals surface area contributed by atoms with Crippen LogP contribution in [0.1, 0.15) is 25.5 Å². The van der Waals surface area contributed by atoms with Gasteiger partial charge in [-0.15, -0.1) is 0 Å². The molecule has 0 saturated carbocycles. The number of rotatable bonds is 4. The minimum absolute atomic E-state index is 0.0368. The van der Waals surface area contributed by atoms with Gasteiger partial charge in [-0.3, -0.25) is 4.72 Å². The predicted molar refractivity (Wildman–Crippen MR) is 84.0 cm³/mol. The van der Waals surface area contributed by atoms with Gasteiger partial charge in [-0.25, -0.2) is 13.1 Å². The number of hydrogen-bond acceptors (Lipinski definition) is 4. The zero-order valence-electron chi connectivity index (χ0n) is 12.0. The van der Waals surface area contributed by atoms with E-state index in [2.05, 4.69) is 9.82 Å². The van der Waals surface area contributed by atoms with Crippen molar-refractivity contribution in [2.24, 2.45) is 0 Å². The maximum absolute atomic E-state index is 12.4. The Kier molecular flexibility index (Phi) is 4.15. The lowest BCUT2D eigenvalue weighted by Crippen LogP contribution is -2.17. The molecule has 6 nitrogen and oxygen atoms in total. The van der Waals surface area contributed by atoms with Gasteiger partial charge in [-0.1, -0.05) is 11.6 Å². The van der Waals surface area contributed by atoms with E-state index >= 15 is 0 Å². The van der Waals surface area contributed by atoms with Gasteiger partial charge >= 0.3 is 0 Å². The molecule has 1 aromatic heterocycles. The molecule has 0 atom stereocenters. The third kappa shape index (κ3) is 3.14. The molecule has 0 amide bonds. The minimum Gasteiger partial charge on any atom is -0.397 e. The highest BCUT2D eigenvalue weighted by Crippen LogP contribution is 2.28. The monoisotopic (exact) mass is 328 g/mol. The largest absolute Gasteiger partial charge is 0.397 e. The third-order valence-electron chi connectivity index (χ3n) is 2.96. The number of halogens is 1. The lowest BCUT2D eigenvalue weighted by Gasteiger charge is -2.14. The molecule has 0 saturated heterocycles. The molecule has 0 radical (unpaired) electrons. The molecule has 0 bridgehead atoms. The van der Waals surface area contributed by atoms with Crippen molar-refractivity contribution in [2.45, 2.75) is 31.7 Å².